The van der Waals surface area contributed by atoms with Crippen LogP contribution in [-0.2, 0) is 24.0 Å². The molecule has 0 aromatic heterocycles. The maximum Gasteiger partial charge on any atom is 0.371 e. The van der Waals surface area contributed by atoms with Gasteiger partial charge in [0.15, 0.2) is 30.7 Å². The smallest absolute Gasteiger partial charge is 0.371 e. The fourth-order valence-electron chi connectivity index (χ4n) is 1.25. The molecule has 1 rings (SSSR count). The first-order valence-corrected chi connectivity index (χ1v) is 3.97. The third kappa shape index (κ3) is 1.23. The first kappa shape index (κ1) is 11.7. The van der Waals surface area contributed by atoms with E-state index < -0.39 is 22.9 Å². The minimum Gasteiger partial charge on any atom is -0.475 e. The van der Waals surface area contributed by atoms with E-state index in [0.717, 1.165) is 0 Å². The van der Waals surface area contributed by atoms with Crippen LogP contribution >= 0.6 is 0 Å². The van der Waals surface area contributed by atoms with E-state index in [-0.39, 0.29) is 25.1 Å². The molecule has 0 fully saturated rings. The van der Waals surface area contributed by atoms with E-state index in [4.69, 9.17) is 5.11 Å². The minimum atomic E-state index is -2.36. The summed E-state index contributed by atoms with van der Waals surface area (Å²) in [5.41, 5.74) is -4.64. The highest BCUT2D eigenvalue weighted by Gasteiger charge is 2.58. The zero-order valence-electron chi connectivity index (χ0n) is 7.75. The summed E-state index contributed by atoms with van der Waals surface area (Å²) >= 11 is 0. The van der Waals surface area contributed by atoms with E-state index in [2.05, 4.69) is 4.99 Å². The average Bonchev–Trinajstić information content (AvgIpc) is 2.64. The van der Waals surface area contributed by atoms with Crippen LogP contribution in [0.1, 0.15) is 0 Å². The van der Waals surface area contributed by atoms with Crippen molar-refractivity contribution in [1.82, 2.24) is 5.32 Å². The van der Waals surface area contributed by atoms with Crippen LogP contribution in [0.25, 0.3) is 0 Å². The lowest BCUT2D eigenvalue weighted by Crippen LogP contribution is -2.63. The Hall–Kier alpha value is -2.38. The van der Waals surface area contributed by atoms with Crippen LogP contribution in [0.5, 0.6) is 0 Å². The van der Waals surface area contributed by atoms with Crippen molar-refractivity contribution in [3.8, 4) is 0 Å². The number of carboxylic acids is 1. The Bertz CT molecular complexity index is 397. The Kier molecular flexibility index (Phi) is 2.66. The monoisotopic (exact) mass is 226 g/mol. The van der Waals surface area contributed by atoms with Crippen molar-refractivity contribution in [2.24, 2.45) is 4.99 Å². The summed E-state index contributed by atoms with van der Waals surface area (Å²) in [4.78, 5) is 57.0. The van der Waals surface area contributed by atoms with E-state index in [9.17, 15) is 24.0 Å². The number of aliphatic imine (C=N–C) groups is 1. The summed E-state index contributed by atoms with van der Waals surface area (Å²) in [5, 5.41) is 10.6. The molecule has 0 atom stereocenters. The van der Waals surface area contributed by atoms with Crippen LogP contribution in [0.15, 0.2) is 4.99 Å². The van der Waals surface area contributed by atoms with Crippen molar-refractivity contribution in [1.29, 1.82) is 0 Å². The molecule has 0 aliphatic carbocycles. The standard InChI is InChI=1S/C8H6N2O6/c11-1-7(2-12)8(3-13,4-14)10-5(9-7)6(15)16/h1-4H,(H,9,10)(H,15,16). The molecule has 16 heavy (non-hydrogen) atoms. The number of hydrogen-bond acceptors (Lipinski definition) is 7. The van der Waals surface area contributed by atoms with Crippen LogP contribution in [-0.4, -0.2) is 53.1 Å². The van der Waals surface area contributed by atoms with Gasteiger partial charge in [0.2, 0.25) is 11.4 Å². The molecular weight excluding hydrogens is 220 g/mol. The maximum absolute atomic E-state index is 10.8. The van der Waals surface area contributed by atoms with Gasteiger partial charge in [-0.05, 0) is 0 Å². The average molecular weight is 226 g/mol. The molecule has 0 unspecified atom stereocenters. The second-order valence-corrected chi connectivity index (χ2v) is 3.06. The van der Waals surface area contributed by atoms with E-state index in [0.29, 0.717) is 0 Å². The molecule has 0 saturated heterocycles. The maximum atomic E-state index is 10.8. The number of amidine groups is 1. The van der Waals surface area contributed by atoms with Gasteiger partial charge in [-0.1, -0.05) is 0 Å². The molecule has 1 aliphatic heterocycles. The number of carbonyl (C=O) groups is 5. The Morgan fingerprint density at radius 1 is 1.12 bits per heavy atom. The molecule has 2 N–H and O–H groups in total. The lowest BCUT2D eigenvalue weighted by Gasteiger charge is -2.25. The third-order valence-corrected chi connectivity index (χ3v) is 2.22. The normalized spacial score (nSPS) is 20.1. The number of carbonyl (C=O) groups excluding carboxylic acids is 4. The van der Waals surface area contributed by atoms with Crippen LogP contribution in [0.3, 0.4) is 0 Å². The molecule has 0 radical (unpaired) electrons. The van der Waals surface area contributed by atoms with Crippen molar-refractivity contribution in [3.05, 3.63) is 0 Å². The highest BCUT2D eigenvalue weighted by molar-refractivity contribution is 6.38. The highest BCUT2D eigenvalue weighted by atomic mass is 16.4. The van der Waals surface area contributed by atoms with Crippen molar-refractivity contribution in [2.45, 2.75) is 11.1 Å². The number of nitrogens with one attached hydrogen (secondary N) is 1. The zero-order valence-corrected chi connectivity index (χ0v) is 7.75. The fraction of sp³-hybridized carbons (Fsp3) is 0.250. The SMILES string of the molecule is O=CC1(C=O)N=C(C(=O)O)NC1(C=O)C=O. The summed E-state index contributed by atoms with van der Waals surface area (Å²) in [6.07, 6.45) is -0.151. The lowest BCUT2D eigenvalue weighted by molar-refractivity contribution is -0.134. The number of aliphatic carboxylic acids is 1. The summed E-state index contributed by atoms with van der Waals surface area (Å²) in [6.45, 7) is 0. The molecule has 84 valence electrons. The number of nitrogens with zero attached hydrogens (tertiary/aromatic N) is 1. The molecule has 0 amide bonds. The summed E-state index contributed by atoms with van der Waals surface area (Å²) in [7, 11) is 0. The van der Waals surface area contributed by atoms with Crippen molar-refractivity contribution < 1.29 is 29.1 Å². The molecule has 1 aliphatic rings. The van der Waals surface area contributed by atoms with Gasteiger partial charge in [0.1, 0.15) is 0 Å². The Balaban J connectivity index is 3.42. The number of rotatable bonds is 5. The van der Waals surface area contributed by atoms with Gasteiger partial charge in [-0.25, -0.2) is 9.79 Å². The van der Waals surface area contributed by atoms with Gasteiger partial charge in [0, 0.05) is 0 Å². The Morgan fingerprint density at radius 2 is 1.62 bits per heavy atom. The lowest BCUT2D eigenvalue weighted by atomic mass is 9.82. The van der Waals surface area contributed by atoms with Gasteiger partial charge < -0.3 is 29.6 Å². The van der Waals surface area contributed by atoms with Crippen molar-refractivity contribution in [2.75, 3.05) is 0 Å². The van der Waals surface area contributed by atoms with Gasteiger partial charge in [-0.2, -0.15) is 0 Å². The summed E-state index contributed by atoms with van der Waals surface area (Å²) in [6, 6.07) is 0. The molecule has 0 saturated carbocycles. The van der Waals surface area contributed by atoms with Crippen LogP contribution < -0.4 is 5.32 Å². The molecule has 0 spiro atoms. The van der Waals surface area contributed by atoms with Gasteiger partial charge in [0.05, 0.1) is 0 Å². The van der Waals surface area contributed by atoms with E-state index >= 15 is 0 Å². The largest absolute Gasteiger partial charge is 0.475 e. The first-order chi connectivity index (χ1) is 7.50. The van der Waals surface area contributed by atoms with E-state index in [1.165, 1.54) is 0 Å². The van der Waals surface area contributed by atoms with Crippen LogP contribution in [0.4, 0.5) is 0 Å². The number of hydrogen-bond donors (Lipinski definition) is 2. The Morgan fingerprint density at radius 3 is 1.88 bits per heavy atom. The van der Waals surface area contributed by atoms with Crippen molar-refractivity contribution >= 4 is 36.9 Å². The van der Waals surface area contributed by atoms with Gasteiger partial charge in [-0.3, -0.25) is 0 Å². The van der Waals surface area contributed by atoms with E-state index in [1.54, 1.807) is 0 Å². The second-order valence-electron chi connectivity index (χ2n) is 3.06. The second kappa shape index (κ2) is 3.65. The Labute approximate surface area is 88.3 Å². The van der Waals surface area contributed by atoms with Gasteiger partial charge in [-0.15, -0.1) is 0 Å². The predicted octanol–water partition coefficient (Wildman–Crippen LogP) is -2.65. The summed E-state index contributed by atoms with van der Waals surface area (Å²) in [5.74, 6) is -2.38. The van der Waals surface area contributed by atoms with Gasteiger partial charge >= 0.3 is 5.97 Å². The summed E-state index contributed by atoms with van der Waals surface area (Å²) < 4.78 is 0. The van der Waals surface area contributed by atoms with Gasteiger partial charge in [0.25, 0.3) is 0 Å². The predicted molar refractivity (Wildman–Crippen MR) is 47.9 cm³/mol. The quantitative estimate of drug-likeness (QED) is 0.386. The molecule has 0 bridgehead atoms. The molecule has 0 aromatic carbocycles. The molecular formula is C8H6N2O6. The first-order valence-electron chi connectivity index (χ1n) is 3.97. The van der Waals surface area contributed by atoms with E-state index in [1.807, 2.05) is 5.32 Å². The zero-order chi connectivity index (χ0) is 12.4. The molecule has 1 heterocycles. The molecule has 8 heteroatoms. The number of carboxylic acid groups (broad SMARTS) is 1. The minimum absolute atomic E-state index is 0.0256. The van der Waals surface area contributed by atoms with Crippen LogP contribution in [0.2, 0.25) is 0 Å². The number of aldehydes is 4. The molecule has 8 nitrogen and oxygen atoms in total. The highest BCUT2D eigenvalue weighted by Crippen LogP contribution is 2.25. The topological polar surface area (TPSA) is 130 Å². The fourth-order valence-corrected chi connectivity index (χ4v) is 1.25. The third-order valence-electron chi connectivity index (χ3n) is 2.22. The van der Waals surface area contributed by atoms with Crippen LogP contribution in [0, 0.1) is 0 Å². The molecule has 0 aromatic rings. The van der Waals surface area contributed by atoms with Crippen molar-refractivity contribution in [3.63, 3.8) is 0 Å².